The first-order valence-electron chi connectivity index (χ1n) is 5.16. The molecule has 0 aliphatic carbocycles. The van der Waals surface area contributed by atoms with Gasteiger partial charge < -0.3 is 10.1 Å². The molecule has 0 saturated carbocycles. The number of hydrogen-bond acceptors (Lipinski definition) is 2. The summed E-state index contributed by atoms with van der Waals surface area (Å²) >= 11 is 1.30. The highest BCUT2D eigenvalue weighted by Crippen LogP contribution is 2.37. The molecule has 0 unspecified atom stereocenters. The van der Waals surface area contributed by atoms with Crippen molar-refractivity contribution in [3.05, 3.63) is 47.5 Å². The number of fused-ring (bicyclic) bond motifs is 1. The lowest BCUT2D eigenvalue weighted by Gasteiger charge is -2.00. The standard InChI is InChI=1S/C13H9NO2S/c15-13(16)12-10(8-4-2-1-3-5-8)11-9(17-12)6-7-14-11/h1-7,14H,(H,15,16). The molecule has 2 heterocycles. The van der Waals surface area contributed by atoms with E-state index in [1.54, 1.807) is 0 Å². The molecule has 3 nitrogen and oxygen atoms in total. The third-order valence-electron chi connectivity index (χ3n) is 2.65. The van der Waals surface area contributed by atoms with Crippen LogP contribution in [0.5, 0.6) is 0 Å². The number of benzene rings is 1. The van der Waals surface area contributed by atoms with Gasteiger partial charge in [0.05, 0.1) is 10.2 Å². The molecular formula is C13H9NO2S. The summed E-state index contributed by atoms with van der Waals surface area (Å²) in [6, 6.07) is 11.5. The number of hydrogen-bond donors (Lipinski definition) is 2. The molecule has 3 rings (SSSR count). The van der Waals surface area contributed by atoms with Crippen LogP contribution in [0.3, 0.4) is 0 Å². The number of aromatic carboxylic acids is 1. The van der Waals surface area contributed by atoms with Gasteiger partial charge in [0, 0.05) is 11.8 Å². The van der Waals surface area contributed by atoms with Crippen molar-refractivity contribution in [3.8, 4) is 11.1 Å². The van der Waals surface area contributed by atoms with Crippen molar-refractivity contribution >= 4 is 27.5 Å². The van der Waals surface area contributed by atoms with Crippen molar-refractivity contribution in [1.82, 2.24) is 4.98 Å². The van der Waals surface area contributed by atoms with Gasteiger partial charge in [-0.1, -0.05) is 30.3 Å². The summed E-state index contributed by atoms with van der Waals surface area (Å²) in [4.78, 5) is 14.8. The van der Waals surface area contributed by atoms with Crippen molar-refractivity contribution in [2.75, 3.05) is 0 Å². The molecule has 2 N–H and O–H groups in total. The molecule has 0 atom stereocenters. The maximum atomic E-state index is 11.3. The second-order valence-corrected chi connectivity index (χ2v) is 4.75. The van der Waals surface area contributed by atoms with Crippen molar-refractivity contribution in [2.24, 2.45) is 0 Å². The summed E-state index contributed by atoms with van der Waals surface area (Å²) in [6.45, 7) is 0. The smallest absolute Gasteiger partial charge is 0.346 e. The Balaban J connectivity index is 2.36. The fourth-order valence-electron chi connectivity index (χ4n) is 1.94. The Hall–Kier alpha value is -2.07. The van der Waals surface area contributed by atoms with E-state index in [0.29, 0.717) is 4.88 Å². The average Bonchev–Trinajstić information content (AvgIpc) is 2.89. The van der Waals surface area contributed by atoms with E-state index in [4.69, 9.17) is 0 Å². The van der Waals surface area contributed by atoms with Crippen LogP contribution < -0.4 is 0 Å². The normalized spacial score (nSPS) is 10.8. The lowest BCUT2D eigenvalue weighted by Crippen LogP contribution is -1.94. The van der Waals surface area contributed by atoms with Gasteiger partial charge in [0.2, 0.25) is 0 Å². The summed E-state index contributed by atoms with van der Waals surface area (Å²) in [5.41, 5.74) is 2.61. The topological polar surface area (TPSA) is 53.1 Å². The van der Waals surface area contributed by atoms with Gasteiger partial charge in [0.15, 0.2) is 0 Å². The van der Waals surface area contributed by atoms with E-state index in [0.717, 1.165) is 21.3 Å². The van der Waals surface area contributed by atoms with Crippen LogP contribution in [0.15, 0.2) is 42.6 Å². The Morgan fingerprint density at radius 2 is 1.94 bits per heavy atom. The number of rotatable bonds is 2. The molecule has 0 fully saturated rings. The van der Waals surface area contributed by atoms with Crippen LogP contribution >= 0.6 is 11.3 Å². The Morgan fingerprint density at radius 3 is 2.65 bits per heavy atom. The Morgan fingerprint density at radius 1 is 1.18 bits per heavy atom. The molecule has 0 aliphatic rings. The van der Waals surface area contributed by atoms with E-state index < -0.39 is 5.97 Å². The summed E-state index contributed by atoms with van der Waals surface area (Å²) < 4.78 is 0.973. The maximum absolute atomic E-state index is 11.3. The van der Waals surface area contributed by atoms with Gasteiger partial charge in [-0.05, 0) is 11.6 Å². The highest BCUT2D eigenvalue weighted by molar-refractivity contribution is 7.21. The molecule has 3 aromatic rings. The average molecular weight is 243 g/mol. The second-order valence-electron chi connectivity index (χ2n) is 3.69. The predicted octanol–water partition coefficient (Wildman–Crippen LogP) is 3.59. The highest BCUT2D eigenvalue weighted by Gasteiger charge is 2.19. The zero-order valence-corrected chi connectivity index (χ0v) is 9.62. The zero-order chi connectivity index (χ0) is 11.8. The van der Waals surface area contributed by atoms with Gasteiger partial charge in [-0.2, -0.15) is 0 Å². The first-order chi connectivity index (χ1) is 8.27. The molecule has 0 bridgehead atoms. The van der Waals surface area contributed by atoms with Gasteiger partial charge in [0.1, 0.15) is 4.88 Å². The Labute approximate surface area is 101 Å². The fraction of sp³-hybridized carbons (Fsp3) is 0. The van der Waals surface area contributed by atoms with Crippen molar-refractivity contribution in [2.45, 2.75) is 0 Å². The molecule has 0 spiro atoms. The number of carboxylic acids is 1. The first kappa shape index (κ1) is 10.1. The first-order valence-corrected chi connectivity index (χ1v) is 5.97. The largest absolute Gasteiger partial charge is 0.477 e. The second kappa shape index (κ2) is 3.75. The molecule has 17 heavy (non-hydrogen) atoms. The van der Waals surface area contributed by atoms with E-state index >= 15 is 0 Å². The van der Waals surface area contributed by atoms with Crippen molar-refractivity contribution in [3.63, 3.8) is 0 Å². The molecule has 0 amide bonds. The van der Waals surface area contributed by atoms with Crippen LogP contribution in [0, 0.1) is 0 Å². The van der Waals surface area contributed by atoms with Gasteiger partial charge in [-0.3, -0.25) is 0 Å². The lowest BCUT2D eigenvalue weighted by atomic mass is 10.1. The molecule has 84 valence electrons. The van der Waals surface area contributed by atoms with Crippen LogP contribution in [-0.2, 0) is 0 Å². The van der Waals surface area contributed by atoms with Gasteiger partial charge >= 0.3 is 5.97 Å². The maximum Gasteiger partial charge on any atom is 0.346 e. The van der Waals surface area contributed by atoms with Crippen LogP contribution in [0.25, 0.3) is 21.3 Å². The molecule has 0 radical (unpaired) electrons. The minimum Gasteiger partial charge on any atom is -0.477 e. The summed E-state index contributed by atoms with van der Waals surface area (Å²) in [7, 11) is 0. The van der Waals surface area contributed by atoms with Crippen molar-refractivity contribution in [1.29, 1.82) is 0 Å². The van der Waals surface area contributed by atoms with E-state index in [-0.39, 0.29) is 0 Å². The van der Waals surface area contributed by atoms with Gasteiger partial charge in [-0.15, -0.1) is 11.3 Å². The molecule has 1 aromatic carbocycles. The minimum absolute atomic E-state index is 0.387. The van der Waals surface area contributed by atoms with E-state index in [1.807, 2.05) is 42.6 Å². The van der Waals surface area contributed by atoms with Crippen LogP contribution in [-0.4, -0.2) is 16.1 Å². The lowest BCUT2D eigenvalue weighted by molar-refractivity contribution is 0.0703. The molecule has 2 aromatic heterocycles. The number of nitrogens with one attached hydrogen (secondary N) is 1. The van der Waals surface area contributed by atoms with E-state index in [1.165, 1.54) is 11.3 Å². The number of carboxylic acid groups (broad SMARTS) is 1. The molecule has 4 heteroatoms. The number of thiophene rings is 1. The third kappa shape index (κ3) is 1.54. The van der Waals surface area contributed by atoms with Gasteiger partial charge in [-0.25, -0.2) is 4.79 Å². The van der Waals surface area contributed by atoms with Crippen LogP contribution in [0.2, 0.25) is 0 Å². The van der Waals surface area contributed by atoms with E-state index in [9.17, 15) is 9.90 Å². The summed E-state index contributed by atoms with van der Waals surface area (Å²) in [5, 5.41) is 9.24. The molecule has 0 aliphatic heterocycles. The Kier molecular flexibility index (Phi) is 2.23. The summed E-state index contributed by atoms with van der Waals surface area (Å²) in [5.74, 6) is -0.876. The number of carbonyl (C=O) groups is 1. The highest BCUT2D eigenvalue weighted by atomic mass is 32.1. The number of aromatic nitrogens is 1. The number of H-pyrrole nitrogens is 1. The quantitative estimate of drug-likeness (QED) is 0.722. The molecule has 0 saturated heterocycles. The fourth-order valence-corrected chi connectivity index (χ4v) is 2.97. The predicted molar refractivity (Wildman–Crippen MR) is 68.6 cm³/mol. The van der Waals surface area contributed by atoms with Gasteiger partial charge in [0.25, 0.3) is 0 Å². The Bertz CT molecular complexity index is 682. The zero-order valence-electron chi connectivity index (χ0n) is 8.81. The SMILES string of the molecule is O=C(O)c1sc2cc[nH]c2c1-c1ccccc1. The minimum atomic E-state index is -0.876. The monoisotopic (exact) mass is 243 g/mol. The van der Waals surface area contributed by atoms with Crippen LogP contribution in [0.4, 0.5) is 0 Å². The summed E-state index contributed by atoms with van der Waals surface area (Å²) in [6.07, 6.45) is 1.83. The van der Waals surface area contributed by atoms with Crippen LogP contribution in [0.1, 0.15) is 9.67 Å². The third-order valence-corrected chi connectivity index (χ3v) is 3.80. The number of aromatic amines is 1. The van der Waals surface area contributed by atoms with Crippen molar-refractivity contribution < 1.29 is 9.90 Å². The molecular weight excluding hydrogens is 234 g/mol. The van der Waals surface area contributed by atoms with E-state index in [2.05, 4.69) is 4.98 Å².